The maximum absolute atomic E-state index is 14.6. The molecule has 146 valence electrons. The van der Waals surface area contributed by atoms with Crippen molar-refractivity contribution in [2.45, 2.75) is 6.17 Å². The lowest BCUT2D eigenvalue weighted by Crippen LogP contribution is -2.37. The maximum Gasteiger partial charge on any atom is 0.167 e. The molecule has 2 heterocycles. The minimum atomic E-state index is -0.519. The van der Waals surface area contributed by atoms with Gasteiger partial charge >= 0.3 is 0 Å². The van der Waals surface area contributed by atoms with Crippen molar-refractivity contribution >= 4 is 17.2 Å². The van der Waals surface area contributed by atoms with Crippen LogP contribution in [0, 0.1) is 11.6 Å². The molecular weight excluding hydrogens is 374 g/mol. The first-order valence-electron chi connectivity index (χ1n) is 8.93. The van der Waals surface area contributed by atoms with Crippen LogP contribution in [0.2, 0.25) is 0 Å². The van der Waals surface area contributed by atoms with Crippen molar-refractivity contribution in [1.29, 1.82) is 0 Å². The maximum atomic E-state index is 14.6. The molecule has 1 aromatic heterocycles. The Morgan fingerprint density at radius 3 is 2.59 bits per heavy atom. The zero-order valence-electron chi connectivity index (χ0n) is 15.3. The molecule has 1 aliphatic rings. The Balaban J connectivity index is 1.51. The summed E-state index contributed by atoms with van der Waals surface area (Å²) in [7, 11) is 0. The van der Waals surface area contributed by atoms with Gasteiger partial charge in [0.25, 0.3) is 0 Å². The van der Waals surface area contributed by atoms with Gasteiger partial charge in [-0.25, -0.2) is 13.8 Å². The van der Waals surface area contributed by atoms with Crippen LogP contribution in [-0.4, -0.2) is 11.1 Å². The average molecular weight is 392 g/mol. The number of hydrogen-bond acceptors (Lipinski definition) is 5. The summed E-state index contributed by atoms with van der Waals surface area (Å²) < 4.78 is 33.3. The summed E-state index contributed by atoms with van der Waals surface area (Å²) in [5.74, 6) is -0.0489. The Morgan fingerprint density at radius 2 is 1.83 bits per heavy atom. The highest BCUT2D eigenvalue weighted by atomic mass is 19.1. The smallest absolute Gasteiger partial charge is 0.167 e. The van der Waals surface area contributed by atoms with E-state index in [1.54, 1.807) is 30.3 Å². The Hall–Kier alpha value is -3.87. The SMILES string of the molecule is Nc1cc(Oc2ccc(NC3C=CC=CN3c3ccc(F)cc3)cc2F)ccn1. The number of pyridine rings is 1. The third-order valence-electron chi connectivity index (χ3n) is 4.30. The molecule has 1 aliphatic heterocycles. The van der Waals surface area contributed by atoms with Gasteiger partial charge in [-0.3, -0.25) is 0 Å². The highest BCUT2D eigenvalue weighted by Crippen LogP contribution is 2.28. The van der Waals surface area contributed by atoms with Crippen molar-refractivity contribution < 1.29 is 13.5 Å². The van der Waals surface area contributed by atoms with Crippen molar-refractivity contribution in [3.05, 3.63) is 96.9 Å². The second-order valence-electron chi connectivity index (χ2n) is 6.36. The minimum absolute atomic E-state index is 0.0793. The highest BCUT2D eigenvalue weighted by molar-refractivity contribution is 5.58. The number of nitrogens with zero attached hydrogens (tertiary/aromatic N) is 2. The zero-order chi connectivity index (χ0) is 20.2. The number of ether oxygens (including phenoxy) is 1. The van der Waals surface area contributed by atoms with Crippen molar-refractivity contribution in [2.24, 2.45) is 0 Å². The molecule has 29 heavy (non-hydrogen) atoms. The van der Waals surface area contributed by atoms with Gasteiger partial charge in [-0.2, -0.15) is 0 Å². The van der Waals surface area contributed by atoms with Crippen molar-refractivity contribution in [3.8, 4) is 11.5 Å². The first-order chi connectivity index (χ1) is 14.1. The molecule has 0 saturated carbocycles. The number of aromatic nitrogens is 1. The summed E-state index contributed by atoms with van der Waals surface area (Å²) in [6.07, 6.45) is 8.78. The number of benzene rings is 2. The Labute approximate surface area is 166 Å². The summed E-state index contributed by atoms with van der Waals surface area (Å²) in [5.41, 5.74) is 6.99. The number of allylic oxidation sites excluding steroid dienone is 2. The Bertz CT molecular complexity index is 1070. The van der Waals surface area contributed by atoms with Crippen LogP contribution in [0.5, 0.6) is 11.5 Å². The summed E-state index contributed by atoms with van der Waals surface area (Å²) in [6, 6.07) is 13.9. The lowest BCUT2D eigenvalue weighted by atomic mass is 10.2. The van der Waals surface area contributed by atoms with E-state index in [1.165, 1.54) is 30.5 Å². The van der Waals surface area contributed by atoms with E-state index in [2.05, 4.69) is 10.3 Å². The van der Waals surface area contributed by atoms with Gasteiger partial charge in [-0.05, 0) is 54.6 Å². The predicted octanol–water partition coefficient (Wildman–Crippen LogP) is 5.06. The minimum Gasteiger partial charge on any atom is -0.454 e. The van der Waals surface area contributed by atoms with Crippen molar-refractivity contribution in [3.63, 3.8) is 0 Å². The van der Waals surface area contributed by atoms with E-state index in [0.29, 0.717) is 17.3 Å². The molecule has 5 nitrogen and oxygen atoms in total. The number of nitrogens with two attached hydrogens (primary N) is 1. The lowest BCUT2D eigenvalue weighted by molar-refractivity contribution is 0.442. The van der Waals surface area contributed by atoms with Crippen molar-refractivity contribution in [2.75, 3.05) is 16.0 Å². The molecular formula is C22H18F2N4O. The number of rotatable bonds is 5. The van der Waals surface area contributed by atoms with Crippen LogP contribution < -0.4 is 20.7 Å². The lowest BCUT2D eigenvalue weighted by Gasteiger charge is -2.31. The number of anilines is 3. The molecule has 0 spiro atoms. The summed E-state index contributed by atoms with van der Waals surface area (Å²) in [4.78, 5) is 5.79. The molecule has 0 bridgehead atoms. The predicted molar refractivity (Wildman–Crippen MR) is 110 cm³/mol. The van der Waals surface area contributed by atoms with Gasteiger partial charge in [-0.1, -0.05) is 6.08 Å². The van der Waals surface area contributed by atoms with Crippen molar-refractivity contribution in [1.82, 2.24) is 4.98 Å². The molecule has 7 heteroatoms. The average Bonchev–Trinajstić information content (AvgIpc) is 2.71. The van der Waals surface area contributed by atoms with Gasteiger partial charge < -0.3 is 20.7 Å². The molecule has 0 fully saturated rings. The monoisotopic (exact) mass is 392 g/mol. The van der Waals surface area contributed by atoms with E-state index < -0.39 is 5.82 Å². The van der Waals surface area contributed by atoms with Crippen LogP contribution in [0.1, 0.15) is 0 Å². The Kier molecular flexibility index (Phi) is 5.11. The molecule has 3 N–H and O–H groups in total. The van der Waals surface area contributed by atoms with Crippen LogP contribution in [0.25, 0.3) is 0 Å². The fraction of sp³-hybridized carbons (Fsp3) is 0.0455. The van der Waals surface area contributed by atoms with Crippen LogP contribution in [-0.2, 0) is 0 Å². The molecule has 1 atom stereocenters. The van der Waals surface area contributed by atoms with Crippen LogP contribution in [0.15, 0.2) is 85.2 Å². The third-order valence-corrected chi connectivity index (χ3v) is 4.30. The van der Waals surface area contributed by atoms with E-state index in [1.807, 2.05) is 29.3 Å². The van der Waals surface area contributed by atoms with Gasteiger partial charge in [0, 0.05) is 35.9 Å². The van der Waals surface area contributed by atoms with Gasteiger partial charge in [0.05, 0.1) is 0 Å². The number of nitrogen functional groups attached to an aromatic ring is 1. The van der Waals surface area contributed by atoms with E-state index in [0.717, 1.165) is 5.69 Å². The molecule has 0 saturated heterocycles. The molecule has 3 aromatic rings. The second kappa shape index (κ2) is 8.02. The first-order valence-corrected chi connectivity index (χ1v) is 8.93. The van der Waals surface area contributed by atoms with E-state index in [4.69, 9.17) is 10.5 Å². The number of nitrogens with one attached hydrogen (secondary N) is 1. The van der Waals surface area contributed by atoms with Gasteiger partial charge in [0.1, 0.15) is 23.6 Å². The zero-order valence-corrected chi connectivity index (χ0v) is 15.3. The quantitative estimate of drug-likeness (QED) is 0.635. The molecule has 4 rings (SSSR count). The first kappa shape index (κ1) is 18.5. The number of halogens is 2. The second-order valence-corrected chi connectivity index (χ2v) is 6.36. The topological polar surface area (TPSA) is 63.4 Å². The van der Waals surface area contributed by atoms with Gasteiger partial charge in [-0.15, -0.1) is 0 Å². The molecule has 0 radical (unpaired) electrons. The van der Waals surface area contributed by atoms with E-state index in [-0.39, 0.29) is 17.7 Å². The highest BCUT2D eigenvalue weighted by Gasteiger charge is 2.17. The summed E-state index contributed by atoms with van der Waals surface area (Å²) in [6.45, 7) is 0. The standard InChI is InChI=1S/C22H18F2N4O/c23-15-4-7-17(8-5-15)28-12-2-1-3-22(28)27-16-6-9-20(19(24)13-16)29-18-10-11-26-21(25)14-18/h1-14,22,27H,(H2,25,26). The summed E-state index contributed by atoms with van der Waals surface area (Å²) in [5, 5.41) is 3.25. The van der Waals surface area contributed by atoms with Crippen LogP contribution >= 0.6 is 0 Å². The molecule has 0 aliphatic carbocycles. The third kappa shape index (κ3) is 4.35. The number of hydrogen-bond donors (Lipinski definition) is 2. The molecule has 2 aromatic carbocycles. The van der Waals surface area contributed by atoms with Gasteiger partial charge in [0.2, 0.25) is 0 Å². The fourth-order valence-electron chi connectivity index (χ4n) is 2.94. The molecule has 0 amide bonds. The largest absolute Gasteiger partial charge is 0.454 e. The normalized spacial score (nSPS) is 15.4. The van der Waals surface area contributed by atoms with E-state index in [9.17, 15) is 8.78 Å². The molecule has 1 unspecified atom stereocenters. The Morgan fingerprint density at radius 1 is 1.00 bits per heavy atom. The van der Waals surface area contributed by atoms with Crippen LogP contribution in [0.3, 0.4) is 0 Å². The van der Waals surface area contributed by atoms with E-state index >= 15 is 0 Å². The summed E-state index contributed by atoms with van der Waals surface area (Å²) >= 11 is 0. The van der Waals surface area contributed by atoms with Gasteiger partial charge in [0.15, 0.2) is 11.6 Å². The fourth-order valence-corrected chi connectivity index (χ4v) is 2.94. The van der Waals surface area contributed by atoms with Crippen LogP contribution in [0.4, 0.5) is 26.0 Å².